The van der Waals surface area contributed by atoms with Crippen molar-refractivity contribution in [3.63, 3.8) is 0 Å². The molecular weight excluding hydrogens is 204 g/mol. The quantitative estimate of drug-likeness (QED) is 0.832. The Hall–Kier alpha value is -1.42. The number of hydrogen-bond acceptors (Lipinski definition) is 3. The first-order chi connectivity index (χ1) is 7.66. The monoisotopic (exact) mass is 220 g/mol. The average Bonchev–Trinajstić information content (AvgIpc) is 2.61. The molecule has 0 amide bonds. The van der Waals surface area contributed by atoms with Crippen LogP contribution in [0.1, 0.15) is 12.6 Å². The summed E-state index contributed by atoms with van der Waals surface area (Å²) in [5.74, 6) is -0.694. The smallest absolute Gasteiger partial charge is 0.308 e. The van der Waals surface area contributed by atoms with Crippen LogP contribution in [-0.2, 0) is 11.3 Å². The standard InChI is InChI=1S/C12H16N2O2/c1-9-6-14(8-11(9)12(15)16)7-10-4-2-3-5-13-10/h2-5,9,11H,6-8H2,1H3,(H,15,16)/t9-,11-/m1/s1. The van der Waals surface area contributed by atoms with Gasteiger partial charge in [-0.25, -0.2) is 0 Å². The summed E-state index contributed by atoms with van der Waals surface area (Å²) >= 11 is 0. The lowest BCUT2D eigenvalue weighted by Crippen LogP contribution is -2.23. The number of hydrogen-bond donors (Lipinski definition) is 1. The van der Waals surface area contributed by atoms with Crippen LogP contribution in [0.15, 0.2) is 24.4 Å². The highest BCUT2D eigenvalue weighted by atomic mass is 16.4. The van der Waals surface area contributed by atoms with Crippen LogP contribution in [0.5, 0.6) is 0 Å². The fraction of sp³-hybridized carbons (Fsp3) is 0.500. The molecule has 0 radical (unpaired) electrons. The first-order valence-electron chi connectivity index (χ1n) is 5.52. The third-order valence-electron chi connectivity index (χ3n) is 3.12. The minimum atomic E-state index is -0.684. The lowest BCUT2D eigenvalue weighted by atomic mass is 9.99. The van der Waals surface area contributed by atoms with Crippen molar-refractivity contribution in [2.45, 2.75) is 13.5 Å². The van der Waals surface area contributed by atoms with Crippen molar-refractivity contribution in [2.75, 3.05) is 13.1 Å². The number of nitrogens with zero attached hydrogens (tertiary/aromatic N) is 2. The van der Waals surface area contributed by atoms with E-state index in [4.69, 9.17) is 5.11 Å². The average molecular weight is 220 g/mol. The first kappa shape index (κ1) is 11.1. The van der Waals surface area contributed by atoms with Crippen molar-refractivity contribution in [1.82, 2.24) is 9.88 Å². The van der Waals surface area contributed by atoms with E-state index < -0.39 is 5.97 Å². The predicted molar refractivity (Wildman–Crippen MR) is 59.8 cm³/mol. The summed E-state index contributed by atoms with van der Waals surface area (Å²) < 4.78 is 0. The van der Waals surface area contributed by atoms with Gasteiger partial charge in [-0.1, -0.05) is 13.0 Å². The molecule has 1 aliphatic heterocycles. The number of pyridine rings is 1. The van der Waals surface area contributed by atoms with E-state index in [-0.39, 0.29) is 11.8 Å². The van der Waals surface area contributed by atoms with Crippen LogP contribution in [0.25, 0.3) is 0 Å². The summed E-state index contributed by atoms with van der Waals surface area (Å²) in [6.07, 6.45) is 1.77. The Morgan fingerprint density at radius 1 is 1.56 bits per heavy atom. The van der Waals surface area contributed by atoms with Crippen LogP contribution in [0, 0.1) is 11.8 Å². The van der Waals surface area contributed by atoms with Crippen LogP contribution in [0.2, 0.25) is 0 Å². The fourth-order valence-electron chi connectivity index (χ4n) is 2.24. The molecule has 1 N–H and O–H groups in total. The highest BCUT2D eigenvalue weighted by Crippen LogP contribution is 2.24. The summed E-state index contributed by atoms with van der Waals surface area (Å²) in [5, 5.41) is 9.03. The Bertz CT molecular complexity index is 367. The maximum absolute atomic E-state index is 11.0. The van der Waals surface area contributed by atoms with Crippen molar-refractivity contribution < 1.29 is 9.90 Å². The van der Waals surface area contributed by atoms with Gasteiger partial charge in [-0.05, 0) is 18.1 Å². The van der Waals surface area contributed by atoms with E-state index in [1.807, 2.05) is 25.1 Å². The molecule has 0 spiro atoms. The molecule has 1 fully saturated rings. The predicted octanol–water partition coefficient (Wildman–Crippen LogP) is 1.23. The van der Waals surface area contributed by atoms with Crippen molar-refractivity contribution in [2.24, 2.45) is 11.8 Å². The van der Waals surface area contributed by atoms with Crippen molar-refractivity contribution in [1.29, 1.82) is 0 Å². The van der Waals surface area contributed by atoms with Gasteiger partial charge < -0.3 is 5.11 Å². The molecule has 2 rings (SSSR count). The number of likely N-dealkylation sites (tertiary alicyclic amines) is 1. The Labute approximate surface area is 94.9 Å². The van der Waals surface area contributed by atoms with Crippen LogP contribution >= 0.6 is 0 Å². The minimum Gasteiger partial charge on any atom is -0.481 e. The van der Waals surface area contributed by atoms with Crippen molar-refractivity contribution in [3.8, 4) is 0 Å². The largest absolute Gasteiger partial charge is 0.481 e. The summed E-state index contributed by atoms with van der Waals surface area (Å²) in [7, 11) is 0. The van der Waals surface area contributed by atoms with Crippen LogP contribution in [-0.4, -0.2) is 34.0 Å². The van der Waals surface area contributed by atoms with Gasteiger partial charge in [0.25, 0.3) is 0 Å². The van der Waals surface area contributed by atoms with Gasteiger partial charge in [-0.3, -0.25) is 14.7 Å². The molecule has 0 aromatic carbocycles. The van der Waals surface area contributed by atoms with Crippen LogP contribution in [0.4, 0.5) is 0 Å². The molecule has 0 aliphatic carbocycles. The molecule has 0 unspecified atom stereocenters. The molecule has 2 atom stereocenters. The van der Waals surface area contributed by atoms with Gasteiger partial charge >= 0.3 is 5.97 Å². The number of carboxylic acid groups (broad SMARTS) is 1. The molecule has 1 aromatic heterocycles. The van der Waals surface area contributed by atoms with Gasteiger partial charge in [0.1, 0.15) is 0 Å². The molecule has 86 valence electrons. The molecule has 4 nitrogen and oxygen atoms in total. The zero-order chi connectivity index (χ0) is 11.5. The number of aliphatic carboxylic acids is 1. The SMILES string of the molecule is C[C@@H]1CN(Cc2ccccn2)C[C@H]1C(=O)O. The molecule has 0 bridgehead atoms. The molecule has 2 heterocycles. The number of carboxylic acids is 1. The Balaban J connectivity index is 1.96. The van der Waals surface area contributed by atoms with E-state index in [1.54, 1.807) is 6.20 Å². The molecule has 16 heavy (non-hydrogen) atoms. The van der Waals surface area contributed by atoms with Gasteiger partial charge in [-0.2, -0.15) is 0 Å². The van der Waals surface area contributed by atoms with Gasteiger partial charge in [0, 0.05) is 25.8 Å². The van der Waals surface area contributed by atoms with Crippen molar-refractivity contribution >= 4 is 5.97 Å². The summed E-state index contributed by atoms with van der Waals surface area (Å²) in [6, 6.07) is 5.81. The highest BCUT2D eigenvalue weighted by Gasteiger charge is 2.34. The third-order valence-corrected chi connectivity index (χ3v) is 3.12. The second-order valence-electron chi connectivity index (χ2n) is 4.44. The Morgan fingerprint density at radius 3 is 2.94 bits per heavy atom. The second-order valence-corrected chi connectivity index (χ2v) is 4.44. The van der Waals surface area contributed by atoms with E-state index in [1.165, 1.54) is 0 Å². The zero-order valence-corrected chi connectivity index (χ0v) is 9.34. The van der Waals surface area contributed by atoms with E-state index in [2.05, 4.69) is 9.88 Å². The highest BCUT2D eigenvalue weighted by molar-refractivity contribution is 5.71. The van der Waals surface area contributed by atoms with Gasteiger partial charge in [-0.15, -0.1) is 0 Å². The maximum Gasteiger partial charge on any atom is 0.308 e. The van der Waals surface area contributed by atoms with E-state index in [0.717, 1.165) is 18.8 Å². The van der Waals surface area contributed by atoms with E-state index in [9.17, 15) is 4.79 Å². The molecule has 4 heteroatoms. The van der Waals surface area contributed by atoms with Gasteiger partial charge in [0.2, 0.25) is 0 Å². The number of aromatic nitrogens is 1. The van der Waals surface area contributed by atoms with Gasteiger partial charge in [0.15, 0.2) is 0 Å². The molecule has 0 saturated carbocycles. The van der Waals surface area contributed by atoms with Crippen molar-refractivity contribution in [3.05, 3.63) is 30.1 Å². The number of carbonyl (C=O) groups is 1. The van der Waals surface area contributed by atoms with Gasteiger partial charge in [0.05, 0.1) is 11.6 Å². The fourth-order valence-corrected chi connectivity index (χ4v) is 2.24. The Kier molecular flexibility index (Phi) is 3.19. The summed E-state index contributed by atoms with van der Waals surface area (Å²) in [4.78, 5) is 17.4. The number of rotatable bonds is 3. The zero-order valence-electron chi connectivity index (χ0n) is 9.34. The van der Waals surface area contributed by atoms with Crippen LogP contribution in [0.3, 0.4) is 0 Å². The molecule has 1 aliphatic rings. The molecule has 1 aromatic rings. The van der Waals surface area contributed by atoms with E-state index in [0.29, 0.717) is 6.54 Å². The minimum absolute atomic E-state index is 0.223. The first-order valence-corrected chi connectivity index (χ1v) is 5.52. The molecule has 1 saturated heterocycles. The maximum atomic E-state index is 11.0. The summed E-state index contributed by atoms with van der Waals surface area (Å²) in [6.45, 7) is 4.22. The normalized spacial score (nSPS) is 25.8. The lowest BCUT2D eigenvalue weighted by Gasteiger charge is -2.14. The lowest BCUT2D eigenvalue weighted by molar-refractivity contribution is -0.142. The molecular formula is C12H16N2O2. The topological polar surface area (TPSA) is 53.4 Å². The third kappa shape index (κ3) is 2.39. The Morgan fingerprint density at radius 2 is 2.38 bits per heavy atom. The summed E-state index contributed by atoms with van der Waals surface area (Å²) in [5.41, 5.74) is 1.00. The second kappa shape index (κ2) is 4.61. The van der Waals surface area contributed by atoms with E-state index >= 15 is 0 Å². The van der Waals surface area contributed by atoms with Crippen LogP contribution < -0.4 is 0 Å².